The summed E-state index contributed by atoms with van der Waals surface area (Å²) in [6, 6.07) is 12.6. The van der Waals surface area contributed by atoms with Gasteiger partial charge in [-0.25, -0.2) is 4.68 Å². The van der Waals surface area contributed by atoms with E-state index in [9.17, 15) is 9.59 Å². The third-order valence-electron chi connectivity index (χ3n) is 4.32. The third-order valence-corrected chi connectivity index (χ3v) is 4.32. The van der Waals surface area contributed by atoms with Crippen LogP contribution in [0.15, 0.2) is 51.9 Å². The monoisotopic (exact) mass is 378 g/mol. The Hall–Kier alpha value is -3.40. The van der Waals surface area contributed by atoms with Crippen molar-refractivity contribution in [2.24, 2.45) is 5.92 Å². The second kappa shape index (κ2) is 8.53. The van der Waals surface area contributed by atoms with Crippen molar-refractivity contribution in [3.63, 3.8) is 0 Å². The van der Waals surface area contributed by atoms with Gasteiger partial charge in [-0.1, -0.05) is 32.0 Å². The van der Waals surface area contributed by atoms with Crippen LogP contribution in [0.1, 0.15) is 36.5 Å². The number of nitrogens with zero attached hydrogens (tertiary/aromatic N) is 4. The van der Waals surface area contributed by atoms with Gasteiger partial charge < -0.3 is 9.32 Å². The summed E-state index contributed by atoms with van der Waals surface area (Å²) >= 11 is 0. The van der Waals surface area contributed by atoms with Crippen LogP contribution < -0.4 is 5.56 Å². The number of furan rings is 1. The van der Waals surface area contributed by atoms with Gasteiger partial charge in [0.1, 0.15) is 5.76 Å². The van der Waals surface area contributed by atoms with Crippen LogP contribution in [0.4, 0.5) is 0 Å². The van der Waals surface area contributed by atoms with Crippen molar-refractivity contribution in [1.82, 2.24) is 14.7 Å². The molecular formula is C21H22N4O3. The van der Waals surface area contributed by atoms with Gasteiger partial charge in [-0.15, -0.1) is 0 Å². The highest BCUT2D eigenvalue weighted by Gasteiger charge is 2.23. The van der Waals surface area contributed by atoms with Crippen LogP contribution in [0.2, 0.25) is 0 Å². The molecule has 7 nitrogen and oxygen atoms in total. The van der Waals surface area contributed by atoms with E-state index in [1.165, 1.54) is 9.58 Å². The summed E-state index contributed by atoms with van der Waals surface area (Å²) < 4.78 is 6.72. The van der Waals surface area contributed by atoms with Crippen LogP contribution in [0.5, 0.6) is 0 Å². The maximum atomic E-state index is 13.3. The van der Waals surface area contributed by atoms with Gasteiger partial charge in [0, 0.05) is 18.5 Å². The number of hydrogen-bond acceptors (Lipinski definition) is 5. The number of rotatable bonds is 7. The molecule has 3 rings (SSSR count). The molecule has 2 aromatic heterocycles. The normalized spacial score (nSPS) is 10.9. The molecule has 0 aliphatic heterocycles. The van der Waals surface area contributed by atoms with Crippen LogP contribution in [0.25, 0.3) is 10.8 Å². The van der Waals surface area contributed by atoms with Crippen LogP contribution in [-0.4, -0.2) is 27.1 Å². The molecule has 28 heavy (non-hydrogen) atoms. The summed E-state index contributed by atoms with van der Waals surface area (Å²) in [6.45, 7) is 4.87. The maximum absolute atomic E-state index is 13.3. The van der Waals surface area contributed by atoms with Crippen molar-refractivity contribution in [2.75, 3.05) is 6.54 Å². The van der Waals surface area contributed by atoms with Crippen molar-refractivity contribution >= 4 is 16.7 Å². The highest BCUT2D eigenvalue weighted by atomic mass is 16.3. The molecule has 0 radical (unpaired) electrons. The average molecular weight is 378 g/mol. The van der Waals surface area contributed by atoms with E-state index in [0.717, 1.165) is 0 Å². The van der Waals surface area contributed by atoms with E-state index in [1.807, 2.05) is 13.8 Å². The highest BCUT2D eigenvalue weighted by molar-refractivity contribution is 6.04. The number of amides is 1. The Labute approximate surface area is 162 Å². The minimum atomic E-state index is -0.333. The van der Waals surface area contributed by atoms with E-state index in [4.69, 9.17) is 9.68 Å². The van der Waals surface area contributed by atoms with E-state index >= 15 is 0 Å². The molecular weight excluding hydrogens is 356 g/mol. The van der Waals surface area contributed by atoms with E-state index in [1.54, 1.807) is 42.7 Å². The Balaban J connectivity index is 2.08. The molecule has 0 unspecified atom stereocenters. The Morgan fingerprint density at radius 3 is 2.64 bits per heavy atom. The van der Waals surface area contributed by atoms with E-state index in [0.29, 0.717) is 23.1 Å². The number of nitriles is 1. The second-order valence-corrected chi connectivity index (χ2v) is 6.99. The molecule has 0 aliphatic carbocycles. The summed E-state index contributed by atoms with van der Waals surface area (Å²) in [6.07, 6.45) is 1.73. The Morgan fingerprint density at radius 1 is 1.25 bits per heavy atom. The van der Waals surface area contributed by atoms with Gasteiger partial charge in [0.15, 0.2) is 5.69 Å². The minimum Gasteiger partial charge on any atom is -0.467 e. The fourth-order valence-corrected chi connectivity index (χ4v) is 3.04. The number of benzene rings is 1. The van der Waals surface area contributed by atoms with Gasteiger partial charge in [0.25, 0.3) is 11.5 Å². The van der Waals surface area contributed by atoms with Crippen LogP contribution >= 0.6 is 0 Å². The molecule has 0 saturated carbocycles. The molecule has 0 N–H and O–H groups in total. The van der Waals surface area contributed by atoms with Crippen molar-refractivity contribution < 1.29 is 9.21 Å². The van der Waals surface area contributed by atoms with Gasteiger partial charge in [-0.05, 0) is 24.1 Å². The number of carbonyl (C=O) groups is 1. The van der Waals surface area contributed by atoms with Gasteiger partial charge in [-0.3, -0.25) is 9.59 Å². The summed E-state index contributed by atoms with van der Waals surface area (Å²) in [5.41, 5.74) is -0.00388. The van der Waals surface area contributed by atoms with Gasteiger partial charge in [-0.2, -0.15) is 10.4 Å². The molecule has 7 heteroatoms. The first-order chi connectivity index (χ1) is 13.5. The lowest BCUT2D eigenvalue weighted by Gasteiger charge is -2.21. The molecule has 0 bridgehead atoms. The Bertz CT molecular complexity index is 1060. The fraction of sp³-hybridized carbons (Fsp3) is 0.333. The van der Waals surface area contributed by atoms with Crippen LogP contribution in [-0.2, 0) is 13.1 Å². The third kappa shape index (κ3) is 4.12. The summed E-state index contributed by atoms with van der Waals surface area (Å²) in [5.74, 6) is 0.485. The molecule has 0 aliphatic rings. The first-order valence-electron chi connectivity index (χ1n) is 9.19. The molecule has 3 aromatic rings. The number of hydrogen-bond donors (Lipinski definition) is 0. The van der Waals surface area contributed by atoms with Crippen molar-refractivity contribution in [3.8, 4) is 6.07 Å². The maximum Gasteiger partial charge on any atom is 0.275 e. The summed E-state index contributed by atoms with van der Waals surface area (Å²) in [4.78, 5) is 27.6. The van der Waals surface area contributed by atoms with Crippen molar-refractivity contribution in [2.45, 2.75) is 33.4 Å². The van der Waals surface area contributed by atoms with E-state index in [-0.39, 0.29) is 42.6 Å². The van der Waals surface area contributed by atoms with Gasteiger partial charge in [0.05, 0.1) is 30.7 Å². The lowest BCUT2D eigenvalue weighted by atomic mass is 10.1. The average Bonchev–Trinajstić information content (AvgIpc) is 3.19. The molecule has 1 amide bonds. The SMILES string of the molecule is CC(C)Cn1nc(C(=O)N(CCC#N)Cc2ccco2)c2ccccc2c1=O. The number of fused-ring (bicyclic) bond motifs is 1. The largest absolute Gasteiger partial charge is 0.467 e. The van der Waals surface area contributed by atoms with Crippen molar-refractivity contribution in [1.29, 1.82) is 5.26 Å². The lowest BCUT2D eigenvalue weighted by molar-refractivity contribution is 0.0728. The molecule has 1 aromatic carbocycles. The molecule has 0 fully saturated rings. The second-order valence-electron chi connectivity index (χ2n) is 6.99. The smallest absolute Gasteiger partial charge is 0.275 e. The van der Waals surface area contributed by atoms with E-state index < -0.39 is 0 Å². The van der Waals surface area contributed by atoms with Gasteiger partial charge in [0.2, 0.25) is 0 Å². The van der Waals surface area contributed by atoms with Crippen LogP contribution in [0.3, 0.4) is 0 Å². The Morgan fingerprint density at radius 2 is 2.00 bits per heavy atom. The summed E-state index contributed by atoms with van der Waals surface area (Å²) in [5, 5.41) is 14.3. The lowest BCUT2D eigenvalue weighted by Crippen LogP contribution is -2.35. The summed E-state index contributed by atoms with van der Waals surface area (Å²) in [7, 11) is 0. The molecule has 144 valence electrons. The number of aromatic nitrogens is 2. The highest BCUT2D eigenvalue weighted by Crippen LogP contribution is 2.17. The minimum absolute atomic E-state index is 0.190. The van der Waals surface area contributed by atoms with Crippen LogP contribution in [0, 0.1) is 17.2 Å². The topological polar surface area (TPSA) is 92.1 Å². The molecule has 0 atom stereocenters. The molecule has 2 heterocycles. The zero-order valence-electron chi connectivity index (χ0n) is 16.0. The fourth-order valence-electron chi connectivity index (χ4n) is 3.04. The van der Waals surface area contributed by atoms with Gasteiger partial charge >= 0.3 is 0 Å². The first kappa shape index (κ1) is 19.4. The molecule has 0 saturated heterocycles. The zero-order chi connectivity index (χ0) is 20.1. The quantitative estimate of drug-likeness (QED) is 0.629. The van der Waals surface area contributed by atoms with Crippen molar-refractivity contribution in [3.05, 3.63) is 64.5 Å². The zero-order valence-corrected chi connectivity index (χ0v) is 16.0. The molecule has 0 spiro atoms. The Kier molecular flexibility index (Phi) is 5.90. The first-order valence-corrected chi connectivity index (χ1v) is 9.19. The standard InChI is InChI=1S/C21H22N4O3/c1-15(2)13-25-20(26)18-9-4-3-8-17(18)19(23-25)21(27)24(11-6-10-22)14-16-7-5-12-28-16/h3-5,7-9,12,15H,6,11,13-14H2,1-2H3. The number of carbonyl (C=O) groups excluding carboxylic acids is 1. The predicted octanol–water partition coefficient (Wildman–Crippen LogP) is 3.20. The van der Waals surface area contributed by atoms with E-state index in [2.05, 4.69) is 11.2 Å². The predicted molar refractivity (Wildman–Crippen MR) is 105 cm³/mol.